The van der Waals surface area contributed by atoms with Crippen LogP contribution in [0.25, 0.3) is 0 Å². The molecule has 1 aliphatic rings. The van der Waals surface area contributed by atoms with Crippen molar-refractivity contribution in [3.8, 4) is 0 Å². The Morgan fingerprint density at radius 1 is 0.943 bits per heavy atom. The van der Waals surface area contributed by atoms with E-state index in [1.54, 1.807) is 17.2 Å². The van der Waals surface area contributed by atoms with Crippen LogP contribution in [0.4, 0.5) is 5.69 Å². The van der Waals surface area contributed by atoms with Crippen molar-refractivity contribution in [1.82, 2.24) is 9.47 Å². The summed E-state index contributed by atoms with van der Waals surface area (Å²) in [4.78, 5) is 40.2. The Balaban J connectivity index is 1.36. The molecule has 0 atom stereocenters. The van der Waals surface area contributed by atoms with Crippen LogP contribution in [0.1, 0.15) is 28.8 Å². The van der Waals surface area contributed by atoms with Gasteiger partial charge < -0.3 is 14.8 Å². The molecule has 3 N–H and O–H groups in total. The lowest BCUT2D eigenvalue weighted by Crippen LogP contribution is -2.43. The number of benzene rings is 2. The number of carbonyl (C=O) groups is 2. The number of rotatable bonds is 6. The van der Waals surface area contributed by atoms with E-state index in [1.807, 2.05) is 30.3 Å². The lowest BCUT2D eigenvalue weighted by Gasteiger charge is -2.31. The molecule has 1 aliphatic heterocycles. The molecule has 0 bridgehead atoms. The summed E-state index contributed by atoms with van der Waals surface area (Å²) >= 11 is 0. The van der Waals surface area contributed by atoms with Crippen molar-refractivity contribution in [3.63, 3.8) is 0 Å². The van der Waals surface area contributed by atoms with Gasteiger partial charge in [-0.25, -0.2) is 13.6 Å². The molecule has 3 aromatic rings. The van der Waals surface area contributed by atoms with E-state index in [2.05, 4.69) is 5.32 Å². The number of carbonyl (C=O) groups excluding carboxylic acids is 2. The van der Waals surface area contributed by atoms with Crippen molar-refractivity contribution in [1.29, 1.82) is 0 Å². The van der Waals surface area contributed by atoms with E-state index in [0.29, 0.717) is 38.2 Å². The summed E-state index contributed by atoms with van der Waals surface area (Å²) in [6.07, 6.45) is 2.58. The van der Waals surface area contributed by atoms with Gasteiger partial charge >= 0.3 is 0 Å². The van der Waals surface area contributed by atoms with Gasteiger partial charge in [-0.05, 0) is 54.8 Å². The van der Waals surface area contributed by atoms with Crippen LogP contribution in [0.2, 0.25) is 0 Å². The number of likely N-dealkylation sites (tertiary alicyclic amines) is 1. The van der Waals surface area contributed by atoms with Gasteiger partial charge in [0, 0.05) is 30.9 Å². The van der Waals surface area contributed by atoms with E-state index in [0.717, 1.165) is 5.56 Å². The maximum atomic E-state index is 13.1. The normalized spacial score (nSPS) is 14.5. The summed E-state index contributed by atoms with van der Waals surface area (Å²) in [5.41, 5.74) is 1.19. The van der Waals surface area contributed by atoms with Gasteiger partial charge in [0.15, 0.2) is 0 Å². The number of hydrogen-bond acceptors (Lipinski definition) is 5. The summed E-state index contributed by atoms with van der Waals surface area (Å²) in [6.45, 7) is 1.09. The highest BCUT2D eigenvalue weighted by atomic mass is 32.2. The van der Waals surface area contributed by atoms with Crippen LogP contribution in [0, 0.1) is 5.92 Å². The monoisotopic (exact) mass is 494 g/mol. The summed E-state index contributed by atoms with van der Waals surface area (Å²) < 4.78 is 24.2. The number of hydrogen-bond donors (Lipinski definition) is 2. The van der Waals surface area contributed by atoms with Crippen LogP contribution in [-0.4, -0.2) is 42.8 Å². The second-order valence-electron chi connectivity index (χ2n) is 8.47. The molecule has 182 valence electrons. The molecule has 1 aromatic heterocycles. The molecule has 0 unspecified atom stereocenters. The summed E-state index contributed by atoms with van der Waals surface area (Å²) in [5, 5.41) is 7.86. The minimum absolute atomic E-state index is 0.0361. The topological polar surface area (TPSA) is 132 Å². The van der Waals surface area contributed by atoms with Crippen molar-refractivity contribution in [2.75, 3.05) is 18.4 Å². The molecule has 2 heterocycles. The maximum absolute atomic E-state index is 13.1. The third-order valence-electron chi connectivity index (χ3n) is 6.05. The van der Waals surface area contributed by atoms with Crippen LogP contribution >= 0.6 is 0 Å². The van der Waals surface area contributed by atoms with Crippen molar-refractivity contribution in [3.05, 3.63) is 94.4 Å². The molecule has 9 nitrogen and oxygen atoms in total. The van der Waals surface area contributed by atoms with Crippen molar-refractivity contribution >= 4 is 27.5 Å². The SMILES string of the molecule is NS(=O)(=O)c1ccc(NC(=O)C2CCN(C(=O)c3cccn(Cc4ccccc4)c3=O)CC2)cc1. The summed E-state index contributed by atoms with van der Waals surface area (Å²) in [7, 11) is -3.80. The minimum atomic E-state index is -3.80. The average molecular weight is 495 g/mol. The zero-order valence-corrected chi connectivity index (χ0v) is 19.8. The number of nitrogens with zero attached hydrogens (tertiary/aromatic N) is 2. The Bertz CT molecular complexity index is 1380. The number of amides is 2. The second kappa shape index (κ2) is 10.2. The standard InChI is InChI=1S/C25H26N4O5S/c26-35(33,34)21-10-8-20(9-11-21)27-23(30)19-12-15-28(16-13-19)24(31)22-7-4-14-29(25(22)32)17-18-5-2-1-3-6-18/h1-11,14,19H,12-13,15-17H2,(H,27,30)(H2,26,33,34). The molecule has 0 aliphatic carbocycles. The molecule has 0 radical (unpaired) electrons. The first-order valence-electron chi connectivity index (χ1n) is 11.2. The van der Waals surface area contributed by atoms with Gasteiger partial charge in [-0.2, -0.15) is 0 Å². The van der Waals surface area contributed by atoms with Crippen molar-refractivity contribution in [2.24, 2.45) is 11.1 Å². The van der Waals surface area contributed by atoms with E-state index in [-0.39, 0.29) is 33.8 Å². The number of piperidine rings is 1. The molecule has 1 saturated heterocycles. The van der Waals surface area contributed by atoms with Crippen LogP contribution in [0.15, 0.2) is 82.6 Å². The first-order chi connectivity index (χ1) is 16.7. The zero-order chi connectivity index (χ0) is 25.0. The zero-order valence-electron chi connectivity index (χ0n) is 19.0. The van der Waals surface area contributed by atoms with Crippen molar-refractivity contribution in [2.45, 2.75) is 24.3 Å². The fourth-order valence-electron chi connectivity index (χ4n) is 4.09. The van der Waals surface area contributed by atoms with Gasteiger partial charge in [0.1, 0.15) is 5.56 Å². The quantitative estimate of drug-likeness (QED) is 0.541. The van der Waals surface area contributed by atoms with Crippen molar-refractivity contribution < 1.29 is 18.0 Å². The van der Waals surface area contributed by atoms with Gasteiger partial charge in [0.05, 0.1) is 11.4 Å². The first kappa shape index (κ1) is 24.4. The van der Waals surface area contributed by atoms with E-state index in [1.165, 1.54) is 34.9 Å². The van der Waals surface area contributed by atoms with Gasteiger partial charge in [0.25, 0.3) is 11.5 Å². The number of anilines is 1. The third kappa shape index (κ3) is 5.84. The maximum Gasteiger partial charge on any atom is 0.263 e. The fraction of sp³-hybridized carbons (Fsp3) is 0.240. The molecule has 2 amide bonds. The molecule has 1 fully saturated rings. The number of nitrogens with two attached hydrogens (primary N) is 1. The molecular weight excluding hydrogens is 468 g/mol. The number of aromatic nitrogens is 1. The Labute approximate surface area is 203 Å². The Kier molecular flexibility index (Phi) is 7.13. The van der Waals surface area contributed by atoms with Gasteiger partial charge in [-0.3, -0.25) is 14.4 Å². The summed E-state index contributed by atoms with van der Waals surface area (Å²) in [6, 6.07) is 18.4. The van der Waals surface area contributed by atoms with Gasteiger partial charge in [0.2, 0.25) is 15.9 Å². The molecule has 0 saturated carbocycles. The van der Waals surface area contributed by atoms with E-state index >= 15 is 0 Å². The number of primary sulfonamides is 1. The highest BCUT2D eigenvalue weighted by Gasteiger charge is 2.29. The van der Waals surface area contributed by atoms with E-state index in [9.17, 15) is 22.8 Å². The van der Waals surface area contributed by atoms with Crippen LogP contribution in [0.3, 0.4) is 0 Å². The lowest BCUT2D eigenvalue weighted by atomic mass is 9.95. The number of pyridine rings is 1. The molecular formula is C25H26N4O5S. The van der Waals surface area contributed by atoms with Gasteiger partial charge in [-0.15, -0.1) is 0 Å². The first-order valence-corrected chi connectivity index (χ1v) is 12.7. The Morgan fingerprint density at radius 2 is 1.60 bits per heavy atom. The molecule has 4 rings (SSSR count). The van der Waals surface area contributed by atoms with Crippen LogP contribution in [0.5, 0.6) is 0 Å². The van der Waals surface area contributed by atoms with E-state index < -0.39 is 10.0 Å². The minimum Gasteiger partial charge on any atom is -0.338 e. The molecule has 10 heteroatoms. The smallest absolute Gasteiger partial charge is 0.263 e. The molecule has 0 spiro atoms. The summed E-state index contributed by atoms with van der Waals surface area (Å²) in [5.74, 6) is -0.845. The number of nitrogens with one attached hydrogen (secondary N) is 1. The fourth-order valence-corrected chi connectivity index (χ4v) is 4.61. The van der Waals surface area contributed by atoms with Crippen LogP contribution < -0.4 is 16.0 Å². The predicted molar refractivity (Wildman–Crippen MR) is 131 cm³/mol. The molecule has 35 heavy (non-hydrogen) atoms. The predicted octanol–water partition coefficient (Wildman–Crippen LogP) is 2.03. The van der Waals surface area contributed by atoms with Gasteiger partial charge in [-0.1, -0.05) is 30.3 Å². The highest BCUT2D eigenvalue weighted by molar-refractivity contribution is 7.89. The highest BCUT2D eigenvalue weighted by Crippen LogP contribution is 2.21. The molecule has 2 aromatic carbocycles. The Morgan fingerprint density at radius 3 is 2.23 bits per heavy atom. The Hall–Kier alpha value is -3.76. The second-order valence-corrected chi connectivity index (χ2v) is 10.0. The number of sulfonamides is 1. The average Bonchev–Trinajstić information content (AvgIpc) is 2.85. The largest absolute Gasteiger partial charge is 0.338 e. The van der Waals surface area contributed by atoms with Crippen LogP contribution in [-0.2, 0) is 21.4 Å². The lowest BCUT2D eigenvalue weighted by molar-refractivity contribution is -0.121. The third-order valence-corrected chi connectivity index (χ3v) is 6.98. The van der Waals surface area contributed by atoms with E-state index in [4.69, 9.17) is 5.14 Å².